The number of likely N-dealkylation sites (tertiary alicyclic amines) is 1. The summed E-state index contributed by atoms with van der Waals surface area (Å²) in [6.45, 7) is 9.22. The van der Waals surface area contributed by atoms with Gasteiger partial charge in [0, 0.05) is 19.7 Å². The predicted molar refractivity (Wildman–Crippen MR) is 53.8 cm³/mol. The highest BCUT2D eigenvalue weighted by molar-refractivity contribution is 4.92. The Kier molecular flexibility index (Phi) is 2.61. The Morgan fingerprint density at radius 3 is 2.54 bits per heavy atom. The molecule has 0 aromatic carbocycles. The molecular formula is C11H21NO. The molecule has 0 amide bonds. The van der Waals surface area contributed by atoms with Crippen molar-refractivity contribution in [2.45, 2.75) is 38.7 Å². The van der Waals surface area contributed by atoms with Gasteiger partial charge in [-0.25, -0.2) is 0 Å². The van der Waals surface area contributed by atoms with Gasteiger partial charge in [-0.3, -0.25) is 0 Å². The summed E-state index contributed by atoms with van der Waals surface area (Å²) < 4.78 is 5.96. The van der Waals surface area contributed by atoms with Gasteiger partial charge in [-0.2, -0.15) is 0 Å². The SMILES string of the molecule is CCN1CCC2(CC1)CC(C)CO2. The van der Waals surface area contributed by atoms with Gasteiger partial charge in [-0.1, -0.05) is 13.8 Å². The van der Waals surface area contributed by atoms with E-state index in [9.17, 15) is 0 Å². The Morgan fingerprint density at radius 1 is 1.38 bits per heavy atom. The minimum atomic E-state index is 0.283. The van der Waals surface area contributed by atoms with E-state index in [1.54, 1.807) is 0 Å². The van der Waals surface area contributed by atoms with Crippen molar-refractivity contribution in [2.24, 2.45) is 5.92 Å². The van der Waals surface area contributed by atoms with Gasteiger partial charge in [0.1, 0.15) is 0 Å². The van der Waals surface area contributed by atoms with Gasteiger partial charge >= 0.3 is 0 Å². The molecule has 1 unspecified atom stereocenters. The fraction of sp³-hybridized carbons (Fsp3) is 1.00. The minimum Gasteiger partial charge on any atom is -0.375 e. The van der Waals surface area contributed by atoms with Crippen LogP contribution in [0, 0.1) is 5.92 Å². The fourth-order valence-corrected chi connectivity index (χ4v) is 2.70. The molecule has 2 heteroatoms. The van der Waals surface area contributed by atoms with Crippen molar-refractivity contribution in [3.05, 3.63) is 0 Å². The smallest absolute Gasteiger partial charge is 0.0710 e. The molecule has 2 fully saturated rings. The second-order valence-electron chi connectivity index (χ2n) is 4.74. The van der Waals surface area contributed by atoms with Crippen molar-refractivity contribution >= 4 is 0 Å². The zero-order valence-electron chi connectivity index (χ0n) is 8.88. The number of hydrogen-bond acceptors (Lipinski definition) is 2. The summed E-state index contributed by atoms with van der Waals surface area (Å²) in [6, 6.07) is 0. The highest BCUT2D eigenvalue weighted by atomic mass is 16.5. The molecule has 13 heavy (non-hydrogen) atoms. The highest BCUT2D eigenvalue weighted by Crippen LogP contribution is 2.38. The van der Waals surface area contributed by atoms with Crippen LogP contribution < -0.4 is 0 Å². The molecule has 0 radical (unpaired) electrons. The van der Waals surface area contributed by atoms with Crippen LogP contribution in [0.25, 0.3) is 0 Å². The molecule has 0 saturated carbocycles. The van der Waals surface area contributed by atoms with Crippen LogP contribution >= 0.6 is 0 Å². The monoisotopic (exact) mass is 183 g/mol. The third-order valence-electron chi connectivity index (χ3n) is 3.61. The van der Waals surface area contributed by atoms with Crippen LogP contribution in [0.4, 0.5) is 0 Å². The van der Waals surface area contributed by atoms with E-state index in [1.807, 2.05) is 0 Å². The molecular weight excluding hydrogens is 162 g/mol. The molecule has 0 aliphatic carbocycles. The molecule has 2 aliphatic heterocycles. The Bertz CT molecular complexity index is 173. The molecule has 76 valence electrons. The molecule has 0 N–H and O–H groups in total. The van der Waals surface area contributed by atoms with Gasteiger partial charge in [-0.15, -0.1) is 0 Å². The Balaban J connectivity index is 1.90. The Hall–Kier alpha value is -0.0800. The van der Waals surface area contributed by atoms with E-state index in [0.29, 0.717) is 0 Å². The van der Waals surface area contributed by atoms with Gasteiger partial charge < -0.3 is 9.64 Å². The van der Waals surface area contributed by atoms with E-state index >= 15 is 0 Å². The summed E-state index contributed by atoms with van der Waals surface area (Å²) in [7, 11) is 0. The number of piperidine rings is 1. The first kappa shape index (κ1) is 9.47. The first-order valence-corrected chi connectivity index (χ1v) is 5.60. The van der Waals surface area contributed by atoms with Gasteiger partial charge in [0.25, 0.3) is 0 Å². The molecule has 2 nitrogen and oxygen atoms in total. The van der Waals surface area contributed by atoms with Crippen molar-refractivity contribution in [3.63, 3.8) is 0 Å². The second kappa shape index (κ2) is 3.58. The molecule has 2 rings (SSSR count). The minimum absolute atomic E-state index is 0.283. The lowest BCUT2D eigenvalue weighted by Crippen LogP contribution is -2.43. The number of rotatable bonds is 1. The van der Waals surface area contributed by atoms with Crippen molar-refractivity contribution in [1.82, 2.24) is 4.90 Å². The lowest BCUT2D eigenvalue weighted by molar-refractivity contribution is -0.0427. The zero-order valence-corrected chi connectivity index (χ0v) is 8.88. The quantitative estimate of drug-likeness (QED) is 0.615. The van der Waals surface area contributed by atoms with Crippen LogP contribution in [0.1, 0.15) is 33.1 Å². The standard InChI is InChI=1S/C11H21NO/c1-3-12-6-4-11(5-7-12)8-10(2)9-13-11/h10H,3-9H2,1-2H3. The van der Waals surface area contributed by atoms with E-state index in [0.717, 1.165) is 12.5 Å². The summed E-state index contributed by atoms with van der Waals surface area (Å²) in [4.78, 5) is 2.53. The summed E-state index contributed by atoms with van der Waals surface area (Å²) >= 11 is 0. The van der Waals surface area contributed by atoms with Crippen LogP contribution in [0.2, 0.25) is 0 Å². The van der Waals surface area contributed by atoms with E-state index in [2.05, 4.69) is 18.7 Å². The summed E-state index contributed by atoms with van der Waals surface area (Å²) in [5, 5.41) is 0. The van der Waals surface area contributed by atoms with Crippen molar-refractivity contribution in [3.8, 4) is 0 Å². The average Bonchev–Trinajstić information content (AvgIpc) is 2.49. The normalized spacial score (nSPS) is 34.2. The third kappa shape index (κ3) is 1.89. The van der Waals surface area contributed by atoms with Crippen molar-refractivity contribution < 1.29 is 4.74 Å². The third-order valence-corrected chi connectivity index (χ3v) is 3.61. The zero-order chi connectivity index (χ0) is 9.31. The second-order valence-corrected chi connectivity index (χ2v) is 4.74. The van der Waals surface area contributed by atoms with E-state index < -0.39 is 0 Å². The largest absolute Gasteiger partial charge is 0.375 e. The molecule has 0 aromatic rings. The number of ether oxygens (including phenoxy) is 1. The summed E-state index contributed by atoms with van der Waals surface area (Å²) in [5.74, 6) is 0.785. The lowest BCUT2D eigenvalue weighted by Gasteiger charge is -2.38. The lowest BCUT2D eigenvalue weighted by atomic mass is 9.86. The summed E-state index contributed by atoms with van der Waals surface area (Å²) in [5.41, 5.74) is 0.283. The van der Waals surface area contributed by atoms with Crippen LogP contribution in [0.5, 0.6) is 0 Å². The number of nitrogens with zero attached hydrogens (tertiary/aromatic N) is 1. The molecule has 0 bridgehead atoms. The Labute approximate surface area is 81.3 Å². The molecule has 2 aliphatic rings. The van der Waals surface area contributed by atoms with Crippen LogP contribution in [-0.4, -0.2) is 36.7 Å². The van der Waals surface area contributed by atoms with Crippen LogP contribution in [0.15, 0.2) is 0 Å². The maximum absolute atomic E-state index is 5.96. The van der Waals surface area contributed by atoms with Crippen molar-refractivity contribution in [1.29, 1.82) is 0 Å². The molecule has 1 spiro atoms. The first-order valence-electron chi connectivity index (χ1n) is 5.60. The molecule has 2 saturated heterocycles. The van der Waals surface area contributed by atoms with Gasteiger partial charge in [-0.05, 0) is 31.7 Å². The Morgan fingerprint density at radius 2 is 2.08 bits per heavy atom. The number of hydrogen-bond donors (Lipinski definition) is 0. The van der Waals surface area contributed by atoms with Gasteiger partial charge in [0.05, 0.1) is 5.60 Å². The topological polar surface area (TPSA) is 12.5 Å². The van der Waals surface area contributed by atoms with Gasteiger partial charge in [0.15, 0.2) is 0 Å². The first-order chi connectivity index (χ1) is 6.24. The molecule has 1 atom stereocenters. The molecule has 2 heterocycles. The molecule has 0 aromatic heterocycles. The van der Waals surface area contributed by atoms with Crippen molar-refractivity contribution in [2.75, 3.05) is 26.2 Å². The maximum Gasteiger partial charge on any atom is 0.0710 e. The van der Waals surface area contributed by atoms with E-state index in [4.69, 9.17) is 4.74 Å². The van der Waals surface area contributed by atoms with E-state index in [-0.39, 0.29) is 5.60 Å². The van der Waals surface area contributed by atoms with Crippen LogP contribution in [-0.2, 0) is 4.74 Å². The van der Waals surface area contributed by atoms with Gasteiger partial charge in [0.2, 0.25) is 0 Å². The highest BCUT2D eigenvalue weighted by Gasteiger charge is 2.40. The summed E-state index contributed by atoms with van der Waals surface area (Å²) in [6.07, 6.45) is 3.81. The predicted octanol–water partition coefficient (Wildman–Crippen LogP) is 1.90. The van der Waals surface area contributed by atoms with Crippen LogP contribution in [0.3, 0.4) is 0 Å². The maximum atomic E-state index is 5.96. The average molecular weight is 183 g/mol. The fourth-order valence-electron chi connectivity index (χ4n) is 2.70. The van der Waals surface area contributed by atoms with E-state index in [1.165, 1.54) is 38.9 Å².